The summed E-state index contributed by atoms with van der Waals surface area (Å²) in [7, 11) is 0. The van der Waals surface area contributed by atoms with Crippen molar-refractivity contribution < 1.29 is 4.39 Å². The molecule has 0 unspecified atom stereocenters. The van der Waals surface area contributed by atoms with E-state index in [0.717, 1.165) is 12.8 Å². The molecule has 0 saturated heterocycles. The Labute approximate surface area is 50.4 Å². The van der Waals surface area contributed by atoms with Gasteiger partial charge in [0.25, 0.3) is 0 Å². The Kier molecular flexibility index (Phi) is 6.39. The van der Waals surface area contributed by atoms with E-state index in [1.807, 2.05) is 12.2 Å². The predicted octanol–water partition coefficient (Wildman–Crippen LogP) is 2.52. The fourth-order valence-electron chi connectivity index (χ4n) is 0.431. The molecule has 1 radical (unpaired) electrons. The summed E-state index contributed by atoms with van der Waals surface area (Å²) < 4.78 is 11.4. The largest absolute Gasteiger partial charge is 0.251 e. The third kappa shape index (κ3) is 5.67. The molecule has 0 nitrogen and oxygen atoms in total. The molecule has 1 heteroatoms. The van der Waals surface area contributed by atoms with E-state index in [-0.39, 0.29) is 6.67 Å². The molecule has 0 amide bonds. The van der Waals surface area contributed by atoms with Gasteiger partial charge in [0, 0.05) is 0 Å². The lowest BCUT2D eigenvalue weighted by Crippen LogP contribution is -1.70. The first kappa shape index (κ1) is 7.67. The highest BCUT2D eigenvalue weighted by Gasteiger charge is 1.77. The molecule has 0 saturated carbocycles. The van der Waals surface area contributed by atoms with Gasteiger partial charge in [0.05, 0.1) is 6.67 Å². The zero-order valence-electron chi connectivity index (χ0n) is 5.07. The van der Waals surface area contributed by atoms with Crippen molar-refractivity contribution in [2.24, 2.45) is 0 Å². The van der Waals surface area contributed by atoms with E-state index in [2.05, 4.69) is 6.92 Å². The van der Waals surface area contributed by atoms with Crippen LogP contribution in [0.5, 0.6) is 0 Å². The second-order valence-electron chi connectivity index (χ2n) is 1.59. The number of unbranched alkanes of at least 4 members (excludes halogenated alkanes) is 1. The molecule has 0 aliphatic carbocycles. The summed E-state index contributed by atoms with van der Waals surface area (Å²) in [6, 6.07) is 0. The summed E-state index contributed by atoms with van der Waals surface area (Å²) in [5, 5.41) is 0. The standard InChI is InChI=1S/C7H12F/c1-2-3-4-5-6-7-8/h3-4H,1-2,5-7H2/b4-3+. The molecule has 0 bridgehead atoms. The molecule has 0 atom stereocenters. The number of hydrogen-bond donors (Lipinski definition) is 0. The van der Waals surface area contributed by atoms with Gasteiger partial charge in [0.1, 0.15) is 0 Å². The third-order valence-electron chi connectivity index (χ3n) is 0.838. The van der Waals surface area contributed by atoms with Crippen LogP contribution < -0.4 is 0 Å². The second kappa shape index (κ2) is 6.67. The summed E-state index contributed by atoms with van der Waals surface area (Å²) >= 11 is 0. The summed E-state index contributed by atoms with van der Waals surface area (Å²) in [6.45, 7) is 3.40. The summed E-state index contributed by atoms with van der Waals surface area (Å²) in [4.78, 5) is 0. The highest BCUT2D eigenvalue weighted by atomic mass is 19.1. The Bertz CT molecular complexity index is 57.4. The van der Waals surface area contributed by atoms with Crippen LogP contribution in [0, 0.1) is 6.92 Å². The normalized spacial score (nSPS) is 10.8. The maximum absolute atomic E-state index is 11.4. The second-order valence-corrected chi connectivity index (χ2v) is 1.59. The molecule has 0 N–H and O–H groups in total. The van der Waals surface area contributed by atoms with E-state index in [9.17, 15) is 4.39 Å². The molecular weight excluding hydrogens is 103 g/mol. The van der Waals surface area contributed by atoms with E-state index in [1.54, 1.807) is 0 Å². The fourth-order valence-corrected chi connectivity index (χ4v) is 0.431. The molecule has 0 heterocycles. The van der Waals surface area contributed by atoms with Crippen molar-refractivity contribution in [2.75, 3.05) is 6.67 Å². The van der Waals surface area contributed by atoms with E-state index in [4.69, 9.17) is 0 Å². The third-order valence-corrected chi connectivity index (χ3v) is 0.838. The van der Waals surface area contributed by atoms with Gasteiger partial charge >= 0.3 is 0 Å². The van der Waals surface area contributed by atoms with Crippen molar-refractivity contribution in [1.82, 2.24) is 0 Å². The minimum absolute atomic E-state index is 0.207. The average molecular weight is 115 g/mol. The highest BCUT2D eigenvalue weighted by molar-refractivity contribution is 4.81. The Morgan fingerprint density at radius 1 is 1.38 bits per heavy atom. The lowest BCUT2D eigenvalue weighted by atomic mass is 10.3. The maximum atomic E-state index is 11.4. The molecular formula is C7H12F. The summed E-state index contributed by atoms with van der Waals surface area (Å²) in [5.41, 5.74) is 0. The van der Waals surface area contributed by atoms with Crippen LogP contribution in [0.25, 0.3) is 0 Å². The van der Waals surface area contributed by atoms with Crippen LogP contribution >= 0.6 is 0 Å². The predicted molar refractivity (Wildman–Crippen MR) is 34.3 cm³/mol. The van der Waals surface area contributed by atoms with Gasteiger partial charge < -0.3 is 0 Å². The SMILES string of the molecule is [CH2]C/C=C/CCCF. The molecule has 0 spiro atoms. The smallest absolute Gasteiger partial charge is 0.0897 e. The van der Waals surface area contributed by atoms with Gasteiger partial charge in [0.15, 0.2) is 0 Å². The number of alkyl halides is 1. The van der Waals surface area contributed by atoms with Crippen LogP contribution in [0.3, 0.4) is 0 Å². The van der Waals surface area contributed by atoms with Gasteiger partial charge in [-0.15, -0.1) is 0 Å². The van der Waals surface area contributed by atoms with Gasteiger partial charge in [-0.3, -0.25) is 4.39 Å². The molecule has 0 aromatic carbocycles. The monoisotopic (exact) mass is 115 g/mol. The number of halogens is 1. The lowest BCUT2D eigenvalue weighted by molar-refractivity contribution is 0.475. The first-order chi connectivity index (χ1) is 3.91. The van der Waals surface area contributed by atoms with Crippen LogP contribution in [0.4, 0.5) is 4.39 Å². The van der Waals surface area contributed by atoms with E-state index >= 15 is 0 Å². The number of rotatable bonds is 4. The van der Waals surface area contributed by atoms with Crippen LogP contribution in [0.15, 0.2) is 12.2 Å². The first-order valence-corrected chi connectivity index (χ1v) is 2.92. The van der Waals surface area contributed by atoms with Crippen molar-refractivity contribution in [2.45, 2.75) is 19.3 Å². The molecule has 47 valence electrons. The Morgan fingerprint density at radius 3 is 2.62 bits per heavy atom. The molecule has 0 aromatic rings. The number of allylic oxidation sites excluding steroid dienone is 2. The highest BCUT2D eigenvalue weighted by Crippen LogP contribution is 1.91. The Morgan fingerprint density at radius 2 is 2.12 bits per heavy atom. The molecule has 0 rings (SSSR count). The van der Waals surface area contributed by atoms with Gasteiger partial charge in [-0.25, -0.2) is 0 Å². The average Bonchev–Trinajstić information content (AvgIpc) is 1.81. The van der Waals surface area contributed by atoms with Crippen LogP contribution in [0.1, 0.15) is 19.3 Å². The summed E-state index contributed by atoms with van der Waals surface area (Å²) in [5.74, 6) is 0. The van der Waals surface area contributed by atoms with Gasteiger partial charge in [-0.2, -0.15) is 0 Å². The fraction of sp³-hybridized carbons (Fsp3) is 0.571. The minimum atomic E-state index is -0.207. The zero-order valence-corrected chi connectivity index (χ0v) is 5.07. The van der Waals surface area contributed by atoms with E-state index in [0.29, 0.717) is 6.42 Å². The van der Waals surface area contributed by atoms with Gasteiger partial charge in [0.2, 0.25) is 0 Å². The van der Waals surface area contributed by atoms with Crippen LogP contribution in [-0.4, -0.2) is 6.67 Å². The van der Waals surface area contributed by atoms with Crippen molar-refractivity contribution >= 4 is 0 Å². The molecule has 0 aromatic heterocycles. The van der Waals surface area contributed by atoms with Crippen LogP contribution in [0.2, 0.25) is 0 Å². The first-order valence-electron chi connectivity index (χ1n) is 2.92. The quantitative estimate of drug-likeness (QED) is 0.390. The zero-order chi connectivity index (χ0) is 6.24. The van der Waals surface area contributed by atoms with Crippen molar-refractivity contribution in [3.05, 3.63) is 19.1 Å². The van der Waals surface area contributed by atoms with Crippen molar-refractivity contribution in [3.8, 4) is 0 Å². The minimum Gasteiger partial charge on any atom is -0.251 e. The van der Waals surface area contributed by atoms with Gasteiger partial charge in [-0.1, -0.05) is 12.2 Å². The van der Waals surface area contributed by atoms with E-state index < -0.39 is 0 Å². The molecule has 0 aliphatic heterocycles. The lowest BCUT2D eigenvalue weighted by Gasteiger charge is -1.83. The Balaban J connectivity index is 2.80. The summed E-state index contributed by atoms with van der Waals surface area (Å²) in [6.07, 6.45) is 6.23. The van der Waals surface area contributed by atoms with Crippen molar-refractivity contribution in [1.29, 1.82) is 0 Å². The molecule has 0 aliphatic rings. The topological polar surface area (TPSA) is 0 Å². The van der Waals surface area contributed by atoms with Crippen LogP contribution in [-0.2, 0) is 0 Å². The van der Waals surface area contributed by atoms with Gasteiger partial charge in [-0.05, 0) is 26.2 Å². The molecule has 0 fully saturated rings. The Hall–Kier alpha value is -0.330. The van der Waals surface area contributed by atoms with Crippen molar-refractivity contribution in [3.63, 3.8) is 0 Å². The molecule has 8 heavy (non-hydrogen) atoms. The maximum Gasteiger partial charge on any atom is 0.0897 e. The number of hydrogen-bond acceptors (Lipinski definition) is 0. The van der Waals surface area contributed by atoms with E-state index in [1.165, 1.54) is 0 Å².